The number of benzene rings is 2. The van der Waals surface area contributed by atoms with Gasteiger partial charge in [0, 0.05) is 36.3 Å². The first kappa shape index (κ1) is 21.5. The molecule has 1 amide bonds. The van der Waals surface area contributed by atoms with E-state index in [2.05, 4.69) is 10.0 Å². The number of carbonyl (C=O) groups excluding carboxylic acids is 1. The third-order valence-corrected chi connectivity index (χ3v) is 5.84. The lowest BCUT2D eigenvalue weighted by atomic mass is 10.1. The fraction of sp³-hybridized carbons (Fsp3) is 0.278. The lowest BCUT2D eigenvalue weighted by Crippen LogP contribution is -2.52. The van der Waals surface area contributed by atoms with E-state index in [-0.39, 0.29) is 29.3 Å². The van der Waals surface area contributed by atoms with Crippen molar-refractivity contribution in [1.29, 1.82) is 0 Å². The summed E-state index contributed by atoms with van der Waals surface area (Å²) in [5, 5.41) is 3.66. The summed E-state index contributed by atoms with van der Waals surface area (Å²) in [6.45, 7) is 4.01. The zero-order valence-corrected chi connectivity index (χ0v) is 17.1. The van der Waals surface area contributed by atoms with Crippen molar-refractivity contribution < 1.29 is 13.2 Å². The van der Waals surface area contributed by atoms with Gasteiger partial charge in [-0.1, -0.05) is 23.7 Å². The van der Waals surface area contributed by atoms with Gasteiger partial charge in [-0.05, 0) is 43.3 Å². The van der Waals surface area contributed by atoms with Gasteiger partial charge in [-0.2, -0.15) is 0 Å². The second kappa shape index (κ2) is 8.93. The van der Waals surface area contributed by atoms with E-state index in [4.69, 9.17) is 11.6 Å². The van der Waals surface area contributed by atoms with Crippen molar-refractivity contribution in [2.45, 2.75) is 17.9 Å². The first-order valence-electron chi connectivity index (χ1n) is 8.27. The average molecular weight is 430 g/mol. The van der Waals surface area contributed by atoms with Crippen LogP contribution in [0.2, 0.25) is 5.02 Å². The largest absolute Gasteiger partial charge is 0.333 e. The van der Waals surface area contributed by atoms with E-state index in [0.717, 1.165) is 13.1 Å². The zero-order chi connectivity index (χ0) is 18.7. The third kappa shape index (κ3) is 5.13. The Hall–Kier alpha value is -1.80. The Labute approximate surface area is 170 Å². The molecule has 2 N–H and O–H groups in total. The van der Waals surface area contributed by atoms with Crippen molar-refractivity contribution in [2.24, 2.45) is 0 Å². The molecule has 1 heterocycles. The number of carbonyl (C=O) groups is 1. The number of nitrogens with one attached hydrogen (secondary N) is 2. The summed E-state index contributed by atoms with van der Waals surface area (Å²) in [6.07, 6.45) is 0. The van der Waals surface area contributed by atoms with Crippen molar-refractivity contribution in [3.63, 3.8) is 0 Å². The summed E-state index contributed by atoms with van der Waals surface area (Å²) in [5.41, 5.74) is 0.720. The van der Waals surface area contributed by atoms with Gasteiger partial charge in [-0.25, -0.2) is 8.42 Å². The Morgan fingerprint density at radius 3 is 2.67 bits per heavy atom. The summed E-state index contributed by atoms with van der Waals surface area (Å²) in [6, 6.07) is 12.6. The molecule has 0 bridgehead atoms. The number of anilines is 1. The number of halogens is 2. The Bertz CT molecular complexity index is 922. The number of amides is 1. The molecule has 3 rings (SSSR count). The average Bonchev–Trinajstić information content (AvgIpc) is 2.61. The van der Waals surface area contributed by atoms with Crippen LogP contribution in [0.15, 0.2) is 53.4 Å². The molecule has 1 aliphatic heterocycles. The zero-order valence-electron chi connectivity index (χ0n) is 14.7. The summed E-state index contributed by atoms with van der Waals surface area (Å²) < 4.78 is 27.8. The molecular weight excluding hydrogens is 409 g/mol. The summed E-state index contributed by atoms with van der Waals surface area (Å²) >= 11 is 5.90. The maximum Gasteiger partial charge on any atom is 0.261 e. The highest BCUT2D eigenvalue weighted by molar-refractivity contribution is 7.92. The summed E-state index contributed by atoms with van der Waals surface area (Å²) in [7, 11) is -3.82. The summed E-state index contributed by atoms with van der Waals surface area (Å²) in [4.78, 5) is 14.5. The van der Waals surface area contributed by atoms with E-state index < -0.39 is 10.0 Å². The number of hydrogen-bond donors (Lipinski definition) is 2. The van der Waals surface area contributed by atoms with Crippen LogP contribution < -0.4 is 10.0 Å². The van der Waals surface area contributed by atoms with Gasteiger partial charge in [0.1, 0.15) is 0 Å². The van der Waals surface area contributed by atoms with Crippen molar-refractivity contribution >= 4 is 45.6 Å². The standard InChI is InChI=1S/C18H20ClN3O3S.ClH/c1-13-12-20-8-9-22(13)18(23)14-4-2-7-17(10-14)26(24,25)21-16-6-3-5-15(19)11-16;/h2-7,10-11,13,20-21H,8-9,12H2,1H3;1H. The summed E-state index contributed by atoms with van der Waals surface area (Å²) in [5.74, 6) is -0.168. The number of sulfonamides is 1. The van der Waals surface area contributed by atoms with Crippen molar-refractivity contribution in [1.82, 2.24) is 10.2 Å². The Morgan fingerprint density at radius 2 is 1.96 bits per heavy atom. The Balaban J connectivity index is 0.00000261. The van der Waals surface area contributed by atoms with Crippen LogP contribution in [0.1, 0.15) is 17.3 Å². The highest BCUT2D eigenvalue weighted by Gasteiger charge is 2.25. The molecule has 0 aliphatic carbocycles. The SMILES string of the molecule is CC1CNCCN1C(=O)c1cccc(S(=O)(=O)Nc2cccc(Cl)c2)c1.Cl. The second-order valence-electron chi connectivity index (χ2n) is 6.20. The van der Waals surface area contributed by atoms with Gasteiger partial charge in [-0.15, -0.1) is 12.4 Å². The number of rotatable bonds is 4. The molecule has 2 aromatic carbocycles. The molecule has 0 radical (unpaired) electrons. The van der Waals surface area contributed by atoms with Gasteiger partial charge in [0.15, 0.2) is 0 Å². The van der Waals surface area contributed by atoms with Gasteiger partial charge in [0.2, 0.25) is 0 Å². The van der Waals surface area contributed by atoms with Crippen LogP contribution in [0.5, 0.6) is 0 Å². The lowest BCUT2D eigenvalue weighted by Gasteiger charge is -2.34. The van der Waals surface area contributed by atoms with E-state index in [1.807, 2.05) is 6.92 Å². The highest BCUT2D eigenvalue weighted by atomic mass is 35.5. The highest BCUT2D eigenvalue weighted by Crippen LogP contribution is 2.21. The molecule has 1 fully saturated rings. The number of nitrogens with zero attached hydrogens (tertiary/aromatic N) is 1. The van der Waals surface area contributed by atoms with Crippen molar-refractivity contribution in [3.05, 3.63) is 59.1 Å². The Morgan fingerprint density at radius 1 is 1.22 bits per heavy atom. The Kier molecular flexibility index (Phi) is 7.11. The van der Waals surface area contributed by atoms with E-state index >= 15 is 0 Å². The maximum absolute atomic E-state index is 12.8. The molecule has 1 aliphatic rings. The topological polar surface area (TPSA) is 78.5 Å². The van der Waals surface area contributed by atoms with Gasteiger partial charge in [0.25, 0.3) is 15.9 Å². The first-order chi connectivity index (χ1) is 12.4. The van der Waals surface area contributed by atoms with Crippen LogP contribution >= 0.6 is 24.0 Å². The monoisotopic (exact) mass is 429 g/mol. The number of piperazine rings is 1. The molecule has 9 heteroatoms. The van der Waals surface area contributed by atoms with E-state index in [1.165, 1.54) is 18.2 Å². The van der Waals surface area contributed by atoms with Crippen LogP contribution in [-0.4, -0.2) is 44.9 Å². The van der Waals surface area contributed by atoms with Crippen molar-refractivity contribution in [3.8, 4) is 0 Å². The fourth-order valence-electron chi connectivity index (χ4n) is 2.87. The predicted molar refractivity (Wildman–Crippen MR) is 109 cm³/mol. The lowest BCUT2D eigenvalue weighted by molar-refractivity contribution is 0.0655. The van der Waals surface area contributed by atoms with E-state index in [9.17, 15) is 13.2 Å². The third-order valence-electron chi connectivity index (χ3n) is 4.23. The van der Waals surface area contributed by atoms with Crippen molar-refractivity contribution in [2.75, 3.05) is 24.4 Å². The molecular formula is C18H21Cl2N3O3S. The minimum atomic E-state index is -3.82. The molecule has 27 heavy (non-hydrogen) atoms. The van der Waals surface area contributed by atoms with Crippen LogP contribution in [0, 0.1) is 0 Å². The normalized spacial score (nSPS) is 17.1. The predicted octanol–water partition coefficient (Wildman–Crippen LogP) is 3.00. The molecule has 2 aromatic rings. The molecule has 0 aromatic heterocycles. The first-order valence-corrected chi connectivity index (χ1v) is 10.1. The van der Waals surface area contributed by atoms with Crippen LogP contribution in [0.25, 0.3) is 0 Å². The van der Waals surface area contributed by atoms with Gasteiger partial charge in [-0.3, -0.25) is 9.52 Å². The minimum Gasteiger partial charge on any atom is -0.333 e. The second-order valence-corrected chi connectivity index (χ2v) is 8.31. The van der Waals surface area contributed by atoms with Gasteiger partial charge < -0.3 is 10.2 Å². The van der Waals surface area contributed by atoms with E-state index in [0.29, 0.717) is 22.8 Å². The smallest absolute Gasteiger partial charge is 0.261 e. The van der Waals surface area contributed by atoms with Crippen LogP contribution in [0.4, 0.5) is 5.69 Å². The fourth-order valence-corrected chi connectivity index (χ4v) is 4.16. The van der Waals surface area contributed by atoms with Gasteiger partial charge in [0.05, 0.1) is 10.6 Å². The molecule has 1 atom stereocenters. The van der Waals surface area contributed by atoms with Gasteiger partial charge >= 0.3 is 0 Å². The molecule has 0 spiro atoms. The molecule has 6 nitrogen and oxygen atoms in total. The van der Waals surface area contributed by atoms with E-state index in [1.54, 1.807) is 35.2 Å². The number of hydrogen-bond acceptors (Lipinski definition) is 4. The maximum atomic E-state index is 12.8. The van der Waals surface area contributed by atoms with Crippen LogP contribution in [-0.2, 0) is 10.0 Å². The minimum absolute atomic E-state index is 0. The van der Waals surface area contributed by atoms with Crippen LogP contribution in [0.3, 0.4) is 0 Å². The quantitative estimate of drug-likeness (QED) is 0.782. The molecule has 146 valence electrons. The molecule has 0 saturated carbocycles. The molecule has 1 saturated heterocycles. The molecule has 1 unspecified atom stereocenters.